The molecule has 0 saturated heterocycles. The van der Waals surface area contributed by atoms with Gasteiger partial charge in [-0.3, -0.25) is 4.98 Å². The lowest BCUT2D eigenvalue weighted by molar-refractivity contribution is 0.950. The standard InChI is InChI=1S/C21H17N5S/c1-13-3-4-16(9-14(13)2)24-20-5-6-21-23-11-17(26(21)25-20)18-10-15-7-8-22-12-19(15)27-18/h3-12H,1-2H3,(H,24,25). The van der Waals surface area contributed by atoms with E-state index in [1.807, 2.05) is 41.3 Å². The van der Waals surface area contributed by atoms with Crippen molar-refractivity contribution in [2.75, 3.05) is 5.32 Å². The quantitative estimate of drug-likeness (QED) is 0.463. The van der Waals surface area contributed by atoms with Crippen LogP contribution in [0, 0.1) is 13.8 Å². The molecule has 0 aliphatic rings. The average Bonchev–Trinajstić information content (AvgIpc) is 3.28. The maximum absolute atomic E-state index is 4.76. The Morgan fingerprint density at radius 1 is 0.963 bits per heavy atom. The lowest BCUT2D eigenvalue weighted by atomic mass is 10.1. The number of pyridine rings is 1. The molecule has 5 nitrogen and oxygen atoms in total. The summed E-state index contributed by atoms with van der Waals surface area (Å²) >= 11 is 1.70. The summed E-state index contributed by atoms with van der Waals surface area (Å²) in [7, 11) is 0. The van der Waals surface area contributed by atoms with Crippen LogP contribution in [0.3, 0.4) is 0 Å². The Bertz CT molecular complexity index is 1250. The number of aromatic nitrogens is 4. The van der Waals surface area contributed by atoms with Gasteiger partial charge >= 0.3 is 0 Å². The van der Waals surface area contributed by atoms with E-state index in [1.54, 1.807) is 11.3 Å². The Morgan fingerprint density at radius 3 is 2.74 bits per heavy atom. The van der Waals surface area contributed by atoms with E-state index < -0.39 is 0 Å². The van der Waals surface area contributed by atoms with Crippen LogP contribution in [-0.4, -0.2) is 19.6 Å². The number of aryl methyl sites for hydroxylation is 2. The molecule has 1 N–H and O–H groups in total. The van der Waals surface area contributed by atoms with Crippen molar-refractivity contribution in [3.05, 3.63) is 72.2 Å². The molecule has 0 aliphatic heterocycles. The monoisotopic (exact) mass is 371 g/mol. The van der Waals surface area contributed by atoms with Gasteiger partial charge in [0, 0.05) is 18.1 Å². The van der Waals surface area contributed by atoms with Gasteiger partial charge in [-0.25, -0.2) is 9.50 Å². The lowest BCUT2D eigenvalue weighted by Crippen LogP contribution is -2.00. The molecule has 0 spiro atoms. The van der Waals surface area contributed by atoms with Crippen LogP contribution in [0.15, 0.2) is 61.1 Å². The summed E-state index contributed by atoms with van der Waals surface area (Å²) in [5.41, 5.74) is 5.36. The van der Waals surface area contributed by atoms with Gasteiger partial charge in [0.1, 0.15) is 5.69 Å². The molecule has 0 aliphatic carbocycles. The van der Waals surface area contributed by atoms with Crippen LogP contribution >= 0.6 is 11.3 Å². The van der Waals surface area contributed by atoms with Crippen LogP contribution in [0.2, 0.25) is 0 Å². The molecule has 5 rings (SSSR count). The Labute approximate surface area is 160 Å². The second-order valence-corrected chi connectivity index (χ2v) is 7.66. The second-order valence-electron chi connectivity index (χ2n) is 6.58. The Hall–Kier alpha value is -3.25. The molecule has 0 saturated carbocycles. The predicted molar refractivity (Wildman–Crippen MR) is 111 cm³/mol. The van der Waals surface area contributed by atoms with E-state index >= 15 is 0 Å². The topological polar surface area (TPSA) is 55.1 Å². The van der Waals surface area contributed by atoms with Crippen LogP contribution in [0.5, 0.6) is 0 Å². The third-order valence-electron chi connectivity index (χ3n) is 4.72. The summed E-state index contributed by atoms with van der Waals surface area (Å²) in [6.07, 6.45) is 5.59. The highest BCUT2D eigenvalue weighted by Gasteiger charge is 2.11. The van der Waals surface area contributed by atoms with Crippen LogP contribution in [0.1, 0.15) is 11.1 Å². The molecule has 0 radical (unpaired) electrons. The fourth-order valence-corrected chi connectivity index (χ4v) is 4.11. The second kappa shape index (κ2) is 6.17. The number of hydrogen-bond acceptors (Lipinski definition) is 5. The summed E-state index contributed by atoms with van der Waals surface area (Å²) in [6, 6.07) is 14.4. The molecule has 4 aromatic heterocycles. The highest BCUT2D eigenvalue weighted by atomic mass is 32.1. The third-order valence-corrected chi connectivity index (χ3v) is 5.82. The summed E-state index contributed by atoms with van der Waals surface area (Å²) in [4.78, 5) is 9.84. The molecule has 0 atom stereocenters. The molecule has 0 fully saturated rings. The van der Waals surface area contributed by atoms with Crippen LogP contribution in [-0.2, 0) is 0 Å². The smallest absolute Gasteiger partial charge is 0.154 e. The third kappa shape index (κ3) is 2.84. The van der Waals surface area contributed by atoms with Crippen LogP contribution < -0.4 is 5.32 Å². The summed E-state index contributed by atoms with van der Waals surface area (Å²) in [5, 5.41) is 9.34. The van der Waals surface area contributed by atoms with Crippen LogP contribution in [0.25, 0.3) is 26.3 Å². The molecular weight excluding hydrogens is 354 g/mol. The summed E-state index contributed by atoms with van der Waals surface area (Å²) < 4.78 is 3.05. The minimum atomic E-state index is 0.785. The number of anilines is 2. The number of benzene rings is 1. The van der Waals surface area contributed by atoms with Gasteiger partial charge in [-0.2, -0.15) is 0 Å². The minimum Gasteiger partial charge on any atom is -0.339 e. The van der Waals surface area contributed by atoms with E-state index in [0.717, 1.165) is 32.4 Å². The van der Waals surface area contributed by atoms with E-state index in [2.05, 4.69) is 53.4 Å². The fourth-order valence-electron chi connectivity index (χ4n) is 3.09. The van der Waals surface area contributed by atoms with Gasteiger partial charge < -0.3 is 5.32 Å². The largest absolute Gasteiger partial charge is 0.339 e. The number of nitrogens with one attached hydrogen (secondary N) is 1. The van der Waals surface area contributed by atoms with Gasteiger partial charge in [0.2, 0.25) is 0 Å². The van der Waals surface area contributed by atoms with Crippen molar-refractivity contribution in [3.8, 4) is 10.6 Å². The van der Waals surface area contributed by atoms with Gasteiger partial charge in [0.25, 0.3) is 0 Å². The lowest BCUT2D eigenvalue weighted by Gasteiger charge is -2.08. The number of thiophene rings is 1. The number of rotatable bonds is 3. The van der Waals surface area contributed by atoms with Gasteiger partial charge in [-0.1, -0.05) is 6.07 Å². The molecule has 0 unspecified atom stereocenters. The average molecular weight is 371 g/mol. The van der Waals surface area contributed by atoms with Crippen molar-refractivity contribution in [2.24, 2.45) is 0 Å². The van der Waals surface area contributed by atoms with Crippen molar-refractivity contribution in [1.82, 2.24) is 19.6 Å². The van der Waals surface area contributed by atoms with E-state index in [4.69, 9.17) is 5.10 Å². The first kappa shape index (κ1) is 16.0. The maximum atomic E-state index is 4.76. The van der Waals surface area contributed by atoms with Gasteiger partial charge in [0.05, 0.1) is 15.8 Å². The Balaban J connectivity index is 1.56. The molecule has 1 aromatic carbocycles. The number of fused-ring (bicyclic) bond motifs is 2. The zero-order valence-corrected chi connectivity index (χ0v) is 15.8. The molecule has 5 aromatic rings. The fraction of sp³-hybridized carbons (Fsp3) is 0.0952. The highest BCUT2D eigenvalue weighted by molar-refractivity contribution is 7.22. The molecule has 0 bridgehead atoms. The van der Waals surface area contributed by atoms with E-state index in [1.165, 1.54) is 16.5 Å². The molecule has 6 heteroatoms. The van der Waals surface area contributed by atoms with Crippen molar-refractivity contribution in [3.63, 3.8) is 0 Å². The van der Waals surface area contributed by atoms with Crippen molar-refractivity contribution < 1.29 is 0 Å². The normalized spacial score (nSPS) is 11.3. The molecule has 27 heavy (non-hydrogen) atoms. The Kier molecular flexibility index (Phi) is 3.65. The summed E-state index contributed by atoms with van der Waals surface area (Å²) in [5.74, 6) is 0.785. The van der Waals surface area contributed by atoms with Crippen molar-refractivity contribution >= 4 is 38.6 Å². The van der Waals surface area contributed by atoms with E-state index in [9.17, 15) is 0 Å². The molecular formula is C21H17N5S. The number of hydrogen-bond donors (Lipinski definition) is 1. The van der Waals surface area contributed by atoms with Crippen molar-refractivity contribution in [1.29, 1.82) is 0 Å². The predicted octanol–water partition coefficient (Wildman–Crippen LogP) is 5.37. The van der Waals surface area contributed by atoms with Crippen molar-refractivity contribution in [2.45, 2.75) is 13.8 Å². The van der Waals surface area contributed by atoms with Gasteiger partial charge in [0.15, 0.2) is 11.5 Å². The molecule has 0 amide bonds. The SMILES string of the molecule is Cc1ccc(Nc2ccc3ncc(-c4cc5ccncc5s4)n3n2)cc1C. The number of nitrogens with zero attached hydrogens (tertiary/aromatic N) is 4. The Morgan fingerprint density at radius 2 is 1.89 bits per heavy atom. The number of imidazole rings is 1. The zero-order chi connectivity index (χ0) is 18.4. The highest BCUT2D eigenvalue weighted by Crippen LogP contribution is 2.33. The molecule has 132 valence electrons. The first-order chi connectivity index (χ1) is 13.2. The van der Waals surface area contributed by atoms with Gasteiger partial charge in [-0.15, -0.1) is 16.4 Å². The molecule has 4 heterocycles. The van der Waals surface area contributed by atoms with E-state index in [-0.39, 0.29) is 0 Å². The first-order valence-corrected chi connectivity index (χ1v) is 9.52. The van der Waals surface area contributed by atoms with Gasteiger partial charge in [-0.05, 0) is 66.8 Å². The van der Waals surface area contributed by atoms with E-state index in [0.29, 0.717) is 0 Å². The maximum Gasteiger partial charge on any atom is 0.154 e. The first-order valence-electron chi connectivity index (χ1n) is 8.70. The minimum absolute atomic E-state index is 0.785. The summed E-state index contributed by atoms with van der Waals surface area (Å²) in [6.45, 7) is 4.23. The van der Waals surface area contributed by atoms with Crippen LogP contribution in [0.4, 0.5) is 11.5 Å². The zero-order valence-electron chi connectivity index (χ0n) is 15.0.